The Labute approximate surface area is 113 Å². The van der Waals surface area contributed by atoms with Crippen molar-refractivity contribution in [3.05, 3.63) is 34.6 Å². The van der Waals surface area contributed by atoms with E-state index in [-0.39, 0.29) is 10.8 Å². The van der Waals surface area contributed by atoms with E-state index in [1.807, 2.05) is 0 Å². The Morgan fingerprint density at radius 3 is 2.83 bits per heavy atom. The van der Waals surface area contributed by atoms with E-state index in [0.717, 1.165) is 24.7 Å². The fourth-order valence-electron chi connectivity index (χ4n) is 2.06. The van der Waals surface area contributed by atoms with Crippen LogP contribution in [-0.4, -0.2) is 30.6 Å². The summed E-state index contributed by atoms with van der Waals surface area (Å²) in [6.45, 7) is 3.88. The molecule has 100 valence electrons. The van der Waals surface area contributed by atoms with Crippen LogP contribution in [0.5, 0.6) is 0 Å². The first-order chi connectivity index (χ1) is 8.58. The highest BCUT2D eigenvalue weighted by Gasteiger charge is 2.28. The number of hydrogen-bond donors (Lipinski definition) is 1. The highest BCUT2D eigenvalue weighted by atomic mass is 35.5. The molecule has 0 radical (unpaired) electrons. The zero-order valence-corrected chi connectivity index (χ0v) is 11.7. The third-order valence-electron chi connectivity index (χ3n) is 3.57. The van der Waals surface area contributed by atoms with Crippen molar-refractivity contribution in [3.8, 4) is 0 Å². The number of hydrogen-bond acceptors (Lipinski definition) is 2. The SMILES string of the molecule is CC(CNCc1ccc(F)c(Cl)c1)N(C)C1CC1. The van der Waals surface area contributed by atoms with Crippen LogP contribution >= 0.6 is 11.6 Å². The highest BCUT2D eigenvalue weighted by Crippen LogP contribution is 2.26. The average Bonchev–Trinajstić information content (AvgIpc) is 3.16. The second kappa shape index (κ2) is 6.00. The lowest BCUT2D eigenvalue weighted by Gasteiger charge is -2.24. The van der Waals surface area contributed by atoms with Crippen molar-refractivity contribution in [1.82, 2.24) is 10.2 Å². The van der Waals surface area contributed by atoms with Gasteiger partial charge in [-0.15, -0.1) is 0 Å². The van der Waals surface area contributed by atoms with Gasteiger partial charge in [0.15, 0.2) is 0 Å². The van der Waals surface area contributed by atoms with Crippen molar-refractivity contribution in [2.45, 2.75) is 38.4 Å². The van der Waals surface area contributed by atoms with Crippen LogP contribution in [-0.2, 0) is 6.54 Å². The van der Waals surface area contributed by atoms with Crippen molar-refractivity contribution < 1.29 is 4.39 Å². The summed E-state index contributed by atoms with van der Waals surface area (Å²) in [5, 5.41) is 3.58. The minimum atomic E-state index is -0.359. The van der Waals surface area contributed by atoms with Gasteiger partial charge >= 0.3 is 0 Å². The number of halogens is 2. The second-order valence-corrected chi connectivity index (χ2v) is 5.53. The number of nitrogens with zero attached hydrogens (tertiary/aromatic N) is 1. The van der Waals surface area contributed by atoms with Crippen LogP contribution in [0.15, 0.2) is 18.2 Å². The summed E-state index contributed by atoms with van der Waals surface area (Å²) in [5.74, 6) is -0.359. The van der Waals surface area contributed by atoms with E-state index in [2.05, 4.69) is 24.2 Å². The van der Waals surface area contributed by atoms with Crippen molar-refractivity contribution in [2.24, 2.45) is 0 Å². The molecule has 4 heteroatoms. The molecule has 1 aromatic rings. The summed E-state index contributed by atoms with van der Waals surface area (Å²) >= 11 is 5.74. The largest absolute Gasteiger partial charge is 0.311 e. The van der Waals surface area contributed by atoms with E-state index < -0.39 is 0 Å². The number of likely N-dealkylation sites (N-methyl/N-ethyl adjacent to an activating group) is 1. The van der Waals surface area contributed by atoms with Gasteiger partial charge < -0.3 is 5.32 Å². The fraction of sp³-hybridized carbons (Fsp3) is 0.571. The maximum Gasteiger partial charge on any atom is 0.141 e. The van der Waals surface area contributed by atoms with Crippen molar-refractivity contribution in [3.63, 3.8) is 0 Å². The second-order valence-electron chi connectivity index (χ2n) is 5.13. The molecule has 1 fully saturated rings. The Hall–Kier alpha value is -0.640. The molecule has 1 N–H and O–H groups in total. The molecule has 2 nitrogen and oxygen atoms in total. The molecule has 0 bridgehead atoms. The molecule has 1 atom stereocenters. The first-order valence-electron chi connectivity index (χ1n) is 6.44. The van der Waals surface area contributed by atoms with Crippen LogP contribution in [0.1, 0.15) is 25.3 Å². The molecule has 0 amide bonds. The Bertz CT molecular complexity index is 407. The lowest BCUT2D eigenvalue weighted by molar-refractivity contribution is 0.241. The van der Waals surface area contributed by atoms with Gasteiger partial charge in [-0.3, -0.25) is 4.90 Å². The summed E-state index contributed by atoms with van der Waals surface area (Å²) < 4.78 is 13.0. The van der Waals surface area contributed by atoms with Crippen LogP contribution in [0.4, 0.5) is 4.39 Å². The van der Waals surface area contributed by atoms with Crippen LogP contribution in [0, 0.1) is 5.82 Å². The minimum Gasteiger partial charge on any atom is -0.311 e. The zero-order chi connectivity index (χ0) is 13.1. The van der Waals surface area contributed by atoms with E-state index in [9.17, 15) is 4.39 Å². The van der Waals surface area contributed by atoms with Gasteiger partial charge in [0.2, 0.25) is 0 Å². The molecule has 2 rings (SSSR count). The summed E-state index contributed by atoms with van der Waals surface area (Å²) in [7, 11) is 2.18. The first kappa shape index (κ1) is 13.8. The maximum absolute atomic E-state index is 13.0. The third kappa shape index (κ3) is 3.67. The van der Waals surface area contributed by atoms with Gasteiger partial charge in [-0.05, 0) is 44.5 Å². The smallest absolute Gasteiger partial charge is 0.141 e. The minimum absolute atomic E-state index is 0.192. The monoisotopic (exact) mass is 270 g/mol. The van der Waals surface area contributed by atoms with E-state index >= 15 is 0 Å². The van der Waals surface area contributed by atoms with Crippen LogP contribution in [0.3, 0.4) is 0 Å². The lowest BCUT2D eigenvalue weighted by Crippen LogP contribution is -2.38. The summed E-state index contributed by atoms with van der Waals surface area (Å²) in [6, 6.07) is 6.16. The number of rotatable bonds is 6. The van der Waals surface area contributed by atoms with Gasteiger partial charge in [-0.25, -0.2) is 4.39 Å². The van der Waals surface area contributed by atoms with E-state index in [0.29, 0.717) is 6.04 Å². The first-order valence-corrected chi connectivity index (χ1v) is 6.82. The molecule has 0 aromatic heterocycles. The predicted octanol–water partition coefficient (Wildman–Crippen LogP) is 3.05. The molecule has 18 heavy (non-hydrogen) atoms. The van der Waals surface area contributed by atoms with Crippen LogP contribution in [0.25, 0.3) is 0 Å². The topological polar surface area (TPSA) is 15.3 Å². The molecule has 1 aromatic carbocycles. The maximum atomic E-state index is 13.0. The molecule has 0 aliphatic heterocycles. The molecular weight excluding hydrogens is 251 g/mol. The van der Waals surface area contributed by atoms with Crippen molar-refractivity contribution >= 4 is 11.6 Å². The Morgan fingerprint density at radius 1 is 1.50 bits per heavy atom. The lowest BCUT2D eigenvalue weighted by atomic mass is 10.2. The van der Waals surface area contributed by atoms with Crippen LogP contribution in [0.2, 0.25) is 5.02 Å². The van der Waals surface area contributed by atoms with E-state index in [4.69, 9.17) is 11.6 Å². The summed E-state index contributed by atoms with van der Waals surface area (Å²) in [6.07, 6.45) is 2.66. The highest BCUT2D eigenvalue weighted by molar-refractivity contribution is 6.30. The summed E-state index contributed by atoms with van der Waals surface area (Å²) in [4.78, 5) is 2.42. The van der Waals surface area contributed by atoms with Gasteiger partial charge in [0.25, 0.3) is 0 Å². The van der Waals surface area contributed by atoms with Gasteiger partial charge in [0, 0.05) is 25.2 Å². The zero-order valence-electron chi connectivity index (χ0n) is 10.9. The molecule has 1 unspecified atom stereocenters. The quantitative estimate of drug-likeness (QED) is 0.855. The molecule has 1 aliphatic rings. The van der Waals surface area contributed by atoms with Crippen LogP contribution < -0.4 is 5.32 Å². The molecule has 0 heterocycles. The molecular formula is C14H20ClFN2. The van der Waals surface area contributed by atoms with Crippen molar-refractivity contribution in [1.29, 1.82) is 0 Å². The van der Waals surface area contributed by atoms with E-state index in [1.54, 1.807) is 12.1 Å². The molecule has 0 saturated heterocycles. The molecule has 1 saturated carbocycles. The van der Waals surface area contributed by atoms with Gasteiger partial charge in [-0.2, -0.15) is 0 Å². The van der Waals surface area contributed by atoms with Crippen molar-refractivity contribution in [2.75, 3.05) is 13.6 Å². The number of nitrogens with one attached hydrogen (secondary N) is 1. The number of benzene rings is 1. The van der Waals surface area contributed by atoms with Gasteiger partial charge in [0.1, 0.15) is 5.82 Å². The van der Waals surface area contributed by atoms with Gasteiger partial charge in [-0.1, -0.05) is 17.7 Å². The fourth-order valence-corrected chi connectivity index (χ4v) is 2.26. The molecule has 0 spiro atoms. The van der Waals surface area contributed by atoms with Gasteiger partial charge in [0.05, 0.1) is 5.02 Å². The Balaban J connectivity index is 1.75. The third-order valence-corrected chi connectivity index (χ3v) is 3.86. The molecule has 1 aliphatic carbocycles. The predicted molar refractivity (Wildman–Crippen MR) is 73.4 cm³/mol. The average molecular weight is 271 g/mol. The Kier molecular flexibility index (Phi) is 4.60. The standard InChI is InChI=1S/C14H20ClFN2/c1-10(18(2)12-4-5-12)8-17-9-11-3-6-14(16)13(15)7-11/h3,6-7,10,12,17H,4-5,8-9H2,1-2H3. The van der Waals surface area contributed by atoms with E-state index in [1.165, 1.54) is 18.9 Å². The Morgan fingerprint density at radius 2 is 2.22 bits per heavy atom. The normalized spacial score (nSPS) is 17.2. The summed E-state index contributed by atoms with van der Waals surface area (Å²) in [5.41, 5.74) is 1.02.